The van der Waals surface area contributed by atoms with Crippen molar-refractivity contribution in [2.24, 2.45) is 0 Å². The number of nitrogens with zero attached hydrogens (tertiary/aromatic N) is 2. The molecule has 1 aliphatic rings. The van der Waals surface area contributed by atoms with Gasteiger partial charge in [0, 0.05) is 23.7 Å². The van der Waals surface area contributed by atoms with Gasteiger partial charge >= 0.3 is 0 Å². The summed E-state index contributed by atoms with van der Waals surface area (Å²) < 4.78 is 10.8. The predicted molar refractivity (Wildman–Crippen MR) is 75.8 cm³/mol. The molecule has 1 saturated heterocycles. The van der Waals surface area contributed by atoms with E-state index in [9.17, 15) is 0 Å². The zero-order valence-electron chi connectivity index (χ0n) is 11.0. The molecular weight excluding hydrogens is 278 g/mol. The molecule has 0 radical (unpaired) electrons. The Balaban J connectivity index is 1.52. The van der Waals surface area contributed by atoms with Gasteiger partial charge in [-0.3, -0.25) is 0 Å². The topological polar surface area (TPSA) is 60.2 Å². The van der Waals surface area contributed by atoms with E-state index in [2.05, 4.69) is 15.5 Å². The average molecular weight is 294 g/mol. The van der Waals surface area contributed by atoms with Gasteiger partial charge in [-0.2, -0.15) is 4.98 Å². The maximum absolute atomic E-state index is 5.83. The Bertz CT molecular complexity index is 550. The molecule has 1 aromatic carbocycles. The fourth-order valence-corrected chi connectivity index (χ4v) is 2.33. The fourth-order valence-electron chi connectivity index (χ4n) is 2.20. The predicted octanol–water partition coefficient (Wildman–Crippen LogP) is 3.06. The summed E-state index contributed by atoms with van der Waals surface area (Å²) in [5.41, 5.74) is 0.966. The van der Waals surface area contributed by atoms with Crippen LogP contribution in [0, 0.1) is 0 Å². The minimum Gasteiger partial charge on any atom is -0.378 e. The maximum atomic E-state index is 5.83. The second-order valence-electron chi connectivity index (χ2n) is 4.80. The molecule has 0 aliphatic carbocycles. The molecular formula is C14H16ClN3O2. The highest BCUT2D eigenvalue weighted by atomic mass is 35.5. The largest absolute Gasteiger partial charge is 0.378 e. The molecule has 1 atom stereocenters. The number of anilines is 1. The van der Waals surface area contributed by atoms with E-state index in [0.717, 1.165) is 31.6 Å². The monoisotopic (exact) mass is 293 g/mol. The summed E-state index contributed by atoms with van der Waals surface area (Å²) in [6, 6.07) is 7.49. The van der Waals surface area contributed by atoms with Crippen molar-refractivity contribution in [1.29, 1.82) is 0 Å². The van der Waals surface area contributed by atoms with Gasteiger partial charge in [0.1, 0.15) is 0 Å². The minimum atomic E-state index is 0.240. The lowest BCUT2D eigenvalue weighted by Gasteiger charge is -2.04. The van der Waals surface area contributed by atoms with E-state index >= 15 is 0 Å². The van der Waals surface area contributed by atoms with Gasteiger partial charge in [-0.25, -0.2) is 0 Å². The quantitative estimate of drug-likeness (QED) is 0.918. The van der Waals surface area contributed by atoms with Crippen LogP contribution in [0.15, 0.2) is 28.8 Å². The Morgan fingerprint density at radius 3 is 2.90 bits per heavy atom. The number of hydrogen-bond acceptors (Lipinski definition) is 5. The molecule has 2 aromatic rings. The molecule has 106 valence electrons. The number of ether oxygens (including phenoxy) is 1. The number of hydrogen-bond donors (Lipinski definition) is 1. The molecule has 6 heteroatoms. The van der Waals surface area contributed by atoms with Crippen molar-refractivity contribution in [3.63, 3.8) is 0 Å². The number of aromatic nitrogens is 2. The number of rotatable bonds is 5. The Kier molecular flexibility index (Phi) is 4.18. The third kappa shape index (κ3) is 3.49. The van der Waals surface area contributed by atoms with Crippen molar-refractivity contribution in [3.05, 3.63) is 41.0 Å². The van der Waals surface area contributed by atoms with Gasteiger partial charge in [0.2, 0.25) is 5.89 Å². The third-order valence-electron chi connectivity index (χ3n) is 3.23. The molecule has 1 aliphatic heterocycles. The second kappa shape index (κ2) is 6.24. The Labute approximate surface area is 122 Å². The summed E-state index contributed by atoms with van der Waals surface area (Å²) in [6.07, 6.45) is 3.16. The molecule has 3 rings (SSSR count). The Hall–Kier alpha value is -1.59. The van der Waals surface area contributed by atoms with Crippen LogP contribution in [0.4, 0.5) is 5.69 Å². The molecule has 2 heterocycles. The van der Waals surface area contributed by atoms with E-state index in [-0.39, 0.29) is 6.10 Å². The van der Waals surface area contributed by atoms with E-state index in [1.165, 1.54) is 0 Å². The molecule has 5 nitrogen and oxygen atoms in total. The highest BCUT2D eigenvalue weighted by molar-refractivity contribution is 6.30. The highest BCUT2D eigenvalue weighted by Crippen LogP contribution is 2.16. The van der Waals surface area contributed by atoms with Crippen LogP contribution in [0.3, 0.4) is 0 Å². The SMILES string of the molecule is Clc1ccc(NCc2nc(C[C@H]3CCCO3)no2)cc1. The van der Waals surface area contributed by atoms with Crippen LogP contribution < -0.4 is 5.32 Å². The maximum Gasteiger partial charge on any atom is 0.245 e. The summed E-state index contributed by atoms with van der Waals surface area (Å²) in [7, 11) is 0. The van der Waals surface area contributed by atoms with E-state index in [1.54, 1.807) is 0 Å². The Morgan fingerprint density at radius 2 is 2.15 bits per heavy atom. The molecule has 0 bridgehead atoms. The van der Waals surface area contributed by atoms with Gasteiger partial charge in [0.25, 0.3) is 0 Å². The number of nitrogens with one attached hydrogen (secondary N) is 1. The first-order valence-corrected chi connectivity index (χ1v) is 7.10. The average Bonchev–Trinajstić information content (AvgIpc) is 3.11. The minimum absolute atomic E-state index is 0.240. The molecule has 1 N–H and O–H groups in total. The standard InChI is InChI=1S/C14H16ClN3O2/c15-10-3-5-11(6-4-10)16-9-14-17-13(18-20-14)8-12-2-1-7-19-12/h3-6,12,16H,1-2,7-9H2/t12-/m1/s1. The first-order chi connectivity index (χ1) is 9.79. The molecule has 1 fully saturated rings. The summed E-state index contributed by atoms with van der Waals surface area (Å²) in [6.45, 7) is 1.34. The third-order valence-corrected chi connectivity index (χ3v) is 3.48. The van der Waals surface area contributed by atoms with Gasteiger partial charge in [-0.1, -0.05) is 16.8 Å². The van der Waals surface area contributed by atoms with Gasteiger partial charge in [-0.15, -0.1) is 0 Å². The van der Waals surface area contributed by atoms with Crippen molar-refractivity contribution >= 4 is 17.3 Å². The van der Waals surface area contributed by atoms with E-state index in [1.807, 2.05) is 24.3 Å². The smallest absolute Gasteiger partial charge is 0.245 e. The van der Waals surface area contributed by atoms with Crippen LogP contribution in [0.5, 0.6) is 0 Å². The lowest BCUT2D eigenvalue weighted by molar-refractivity contribution is 0.109. The molecule has 0 amide bonds. The summed E-state index contributed by atoms with van der Waals surface area (Å²) >= 11 is 5.83. The van der Waals surface area contributed by atoms with E-state index in [4.69, 9.17) is 20.9 Å². The summed E-state index contributed by atoms with van der Waals surface area (Å²) in [5.74, 6) is 1.29. The molecule has 0 spiro atoms. The van der Waals surface area contributed by atoms with Gasteiger partial charge in [0.05, 0.1) is 12.6 Å². The van der Waals surface area contributed by atoms with Crippen LogP contribution in [-0.4, -0.2) is 22.9 Å². The molecule has 1 aromatic heterocycles. The summed E-state index contributed by atoms with van der Waals surface area (Å²) in [4.78, 5) is 4.36. The van der Waals surface area contributed by atoms with Gasteiger partial charge in [-0.05, 0) is 37.1 Å². The molecule has 20 heavy (non-hydrogen) atoms. The molecule has 0 saturated carbocycles. The normalized spacial score (nSPS) is 18.4. The van der Waals surface area contributed by atoms with Crippen molar-refractivity contribution in [1.82, 2.24) is 10.1 Å². The number of benzene rings is 1. The van der Waals surface area contributed by atoms with Crippen LogP contribution >= 0.6 is 11.6 Å². The van der Waals surface area contributed by atoms with Crippen molar-refractivity contribution in [3.8, 4) is 0 Å². The van der Waals surface area contributed by atoms with Crippen LogP contribution in [0.2, 0.25) is 5.02 Å². The first kappa shape index (κ1) is 13.4. The fraction of sp³-hybridized carbons (Fsp3) is 0.429. The van der Waals surface area contributed by atoms with E-state index < -0.39 is 0 Å². The van der Waals surface area contributed by atoms with Crippen molar-refractivity contribution in [2.45, 2.75) is 31.9 Å². The van der Waals surface area contributed by atoms with Gasteiger partial charge in [0.15, 0.2) is 5.82 Å². The van der Waals surface area contributed by atoms with Crippen molar-refractivity contribution < 1.29 is 9.26 Å². The second-order valence-corrected chi connectivity index (χ2v) is 5.24. The number of halogens is 1. The highest BCUT2D eigenvalue weighted by Gasteiger charge is 2.18. The van der Waals surface area contributed by atoms with E-state index in [0.29, 0.717) is 23.3 Å². The molecule has 0 unspecified atom stereocenters. The van der Waals surface area contributed by atoms with Crippen LogP contribution in [0.25, 0.3) is 0 Å². The lowest BCUT2D eigenvalue weighted by Crippen LogP contribution is -2.10. The van der Waals surface area contributed by atoms with Gasteiger partial charge < -0.3 is 14.6 Å². The van der Waals surface area contributed by atoms with Crippen LogP contribution in [-0.2, 0) is 17.7 Å². The zero-order valence-corrected chi connectivity index (χ0v) is 11.8. The van der Waals surface area contributed by atoms with Crippen LogP contribution in [0.1, 0.15) is 24.6 Å². The summed E-state index contributed by atoms with van der Waals surface area (Å²) in [5, 5.41) is 7.90. The zero-order chi connectivity index (χ0) is 13.8. The van der Waals surface area contributed by atoms with Crippen molar-refractivity contribution in [2.75, 3.05) is 11.9 Å². The first-order valence-electron chi connectivity index (χ1n) is 6.72. The Morgan fingerprint density at radius 1 is 1.30 bits per heavy atom. The lowest BCUT2D eigenvalue weighted by atomic mass is 10.2.